The van der Waals surface area contributed by atoms with Gasteiger partial charge in [0.2, 0.25) is 23.1 Å². The van der Waals surface area contributed by atoms with Crippen molar-refractivity contribution in [1.82, 2.24) is 9.36 Å². The number of anilines is 1. The second-order valence-electron chi connectivity index (χ2n) is 3.41. The summed E-state index contributed by atoms with van der Waals surface area (Å²) in [5.74, 6) is -7.66. The molecule has 0 aliphatic heterocycles. The van der Waals surface area contributed by atoms with Gasteiger partial charge >= 0.3 is 18.1 Å². The van der Waals surface area contributed by atoms with Crippen LogP contribution in [0.5, 0.6) is 0 Å². The van der Waals surface area contributed by atoms with Crippen LogP contribution in [-0.4, -0.2) is 51.3 Å². The Morgan fingerprint density at radius 1 is 1.41 bits per heavy atom. The normalized spacial score (nSPS) is 12.9. The fourth-order valence-corrected chi connectivity index (χ4v) is 1.39. The molecule has 8 nitrogen and oxygen atoms in total. The van der Waals surface area contributed by atoms with Crippen molar-refractivity contribution in [3.05, 3.63) is 5.82 Å². The Morgan fingerprint density at radius 3 is 2.55 bits per heavy atom. The van der Waals surface area contributed by atoms with Gasteiger partial charge in [0.1, 0.15) is 0 Å². The lowest BCUT2D eigenvalue weighted by Crippen LogP contribution is -2.40. The zero-order valence-electron chi connectivity index (χ0n) is 10.1. The van der Waals surface area contributed by atoms with Crippen molar-refractivity contribution >= 4 is 34.8 Å². The van der Waals surface area contributed by atoms with Crippen molar-refractivity contribution in [2.45, 2.75) is 12.1 Å². The molecular formula is C8H5F5N4O4S. The molecule has 22 heavy (non-hydrogen) atoms. The molecule has 0 radical (unpaired) electrons. The predicted molar refractivity (Wildman–Crippen MR) is 60.7 cm³/mol. The van der Waals surface area contributed by atoms with Gasteiger partial charge in [-0.1, -0.05) is 5.16 Å². The van der Waals surface area contributed by atoms with Gasteiger partial charge < -0.3 is 15.3 Å². The van der Waals surface area contributed by atoms with Crippen LogP contribution in [0.3, 0.4) is 0 Å². The molecular weight excluding hydrogens is 343 g/mol. The maximum atomic E-state index is 12.5. The predicted octanol–water partition coefficient (Wildman–Crippen LogP) is 1.11. The summed E-state index contributed by atoms with van der Waals surface area (Å²) in [7, 11) is 0. The number of aliphatic carboxylic acids is 1. The largest absolute Gasteiger partial charge is 0.476 e. The van der Waals surface area contributed by atoms with E-state index in [1.54, 1.807) is 0 Å². The molecule has 2 N–H and O–H groups in total. The molecule has 1 heterocycles. The molecule has 14 heteroatoms. The Kier molecular flexibility index (Phi) is 5.29. The smallest absolute Gasteiger partial charge is 0.457 e. The van der Waals surface area contributed by atoms with Gasteiger partial charge in [0.25, 0.3) is 0 Å². The first-order valence-corrected chi connectivity index (χ1v) is 5.78. The highest BCUT2D eigenvalue weighted by Gasteiger charge is 2.58. The van der Waals surface area contributed by atoms with Crippen molar-refractivity contribution < 1.29 is 41.5 Å². The van der Waals surface area contributed by atoms with E-state index in [4.69, 9.17) is 5.11 Å². The number of hydrogen-bond donors (Lipinski definition) is 2. The summed E-state index contributed by atoms with van der Waals surface area (Å²) >= 11 is 0.532. The Morgan fingerprint density at radius 2 is 2.05 bits per heavy atom. The summed E-state index contributed by atoms with van der Waals surface area (Å²) in [6, 6.07) is 0. The Balaban J connectivity index is 2.87. The van der Waals surface area contributed by atoms with E-state index in [-0.39, 0.29) is 11.5 Å². The number of carbonyl (C=O) groups excluding carboxylic acids is 1. The lowest BCUT2D eigenvalue weighted by molar-refractivity contribution is -0.296. The second kappa shape index (κ2) is 6.59. The second-order valence-corrected chi connectivity index (χ2v) is 4.16. The molecule has 1 amide bonds. The molecule has 1 rings (SSSR count). The van der Waals surface area contributed by atoms with E-state index in [1.165, 1.54) is 0 Å². The maximum Gasteiger partial charge on any atom is 0.457 e. The number of oxime groups is 1. The van der Waals surface area contributed by atoms with Gasteiger partial charge in [0.05, 0.1) is 0 Å². The quantitative estimate of drug-likeness (QED) is 0.330. The van der Waals surface area contributed by atoms with Crippen molar-refractivity contribution in [2.75, 3.05) is 11.9 Å². The standard InChI is InChI=1S/C8H5F5N4O4S/c9-7(10,8(11,12)13)1-21-16-3(5(19)20)4-15-6(14-2-18)22-17-4/h2H,1H2,(H,19,20)(H,14,15,17,18)/b16-3-. The molecule has 0 spiro atoms. The lowest BCUT2D eigenvalue weighted by Gasteiger charge is -2.17. The summed E-state index contributed by atoms with van der Waals surface area (Å²) in [6.45, 7) is -2.21. The molecule has 0 unspecified atom stereocenters. The van der Waals surface area contributed by atoms with E-state index in [0.29, 0.717) is 11.5 Å². The van der Waals surface area contributed by atoms with Crippen molar-refractivity contribution in [3.63, 3.8) is 0 Å². The molecule has 0 bridgehead atoms. The van der Waals surface area contributed by atoms with Gasteiger partial charge in [-0.05, 0) is 0 Å². The summed E-state index contributed by atoms with van der Waals surface area (Å²) in [4.78, 5) is 28.2. The van der Waals surface area contributed by atoms with Gasteiger partial charge in [0, 0.05) is 11.5 Å². The first-order valence-electron chi connectivity index (χ1n) is 5.00. The lowest BCUT2D eigenvalue weighted by atomic mass is 10.3. The highest BCUT2D eigenvalue weighted by Crippen LogP contribution is 2.35. The SMILES string of the molecule is O=CNc1nc(/C(=N/OCC(F)(F)C(F)(F)F)C(=O)O)ns1. The van der Waals surface area contributed by atoms with Crippen LogP contribution in [0.15, 0.2) is 5.16 Å². The van der Waals surface area contributed by atoms with E-state index in [1.807, 2.05) is 5.32 Å². The van der Waals surface area contributed by atoms with Crippen molar-refractivity contribution in [2.24, 2.45) is 5.16 Å². The number of rotatable bonds is 7. The molecule has 0 atom stereocenters. The Hall–Kier alpha value is -2.38. The van der Waals surface area contributed by atoms with Gasteiger partial charge in [-0.15, -0.1) is 0 Å². The molecule has 0 saturated heterocycles. The number of halogens is 5. The average molecular weight is 348 g/mol. The number of nitrogens with zero attached hydrogens (tertiary/aromatic N) is 3. The number of aromatic nitrogens is 2. The van der Waals surface area contributed by atoms with E-state index >= 15 is 0 Å². The first kappa shape index (κ1) is 17.7. The number of carboxylic acids is 1. The molecule has 122 valence electrons. The van der Waals surface area contributed by atoms with Crippen LogP contribution >= 0.6 is 11.5 Å². The van der Waals surface area contributed by atoms with Crippen LogP contribution in [0.25, 0.3) is 0 Å². The molecule has 0 fully saturated rings. The fraction of sp³-hybridized carbons (Fsp3) is 0.375. The van der Waals surface area contributed by atoms with E-state index in [0.717, 1.165) is 0 Å². The van der Waals surface area contributed by atoms with Crippen molar-refractivity contribution in [1.29, 1.82) is 0 Å². The summed E-state index contributed by atoms with van der Waals surface area (Å²) in [5.41, 5.74) is -1.10. The van der Waals surface area contributed by atoms with Gasteiger partial charge in [-0.3, -0.25) is 4.79 Å². The molecule has 0 aliphatic carbocycles. The van der Waals surface area contributed by atoms with E-state index in [9.17, 15) is 31.5 Å². The van der Waals surface area contributed by atoms with Gasteiger partial charge in [-0.2, -0.15) is 31.3 Å². The third kappa shape index (κ3) is 4.31. The minimum Gasteiger partial charge on any atom is -0.476 e. The zero-order valence-corrected chi connectivity index (χ0v) is 10.9. The number of hydrogen-bond acceptors (Lipinski definition) is 7. The number of carboxylic acid groups (broad SMARTS) is 1. The summed E-state index contributed by atoms with van der Waals surface area (Å²) in [5, 5.41) is 13.3. The van der Waals surface area contributed by atoms with Gasteiger partial charge in [0.15, 0.2) is 6.61 Å². The Bertz CT molecular complexity index is 587. The topological polar surface area (TPSA) is 114 Å². The third-order valence-corrected chi connectivity index (χ3v) is 2.49. The minimum absolute atomic E-state index is 0.139. The van der Waals surface area contributed by atoms with Crippen LogP contribution in [0.4, 0.5) is 27.1 Å². The maximum absolute atomic E-state index is 12.5. The van der Waals surface area contributed by atoms with Crippen LogP contribution in [0, 0.1) is 0 Å². The number of nitrogens with one attached hydrogen (secondary N) is 1. The fourth-order valence-electron chi connectivity index (χ4n) is 0.864. The first-order chi connectivity index (χ1) is 10.1. The molecule has 0 aromatic carbocycles. The molecule has 0 saturated carbocycles. The molecule has 0 aliphatic rings. The number of alkyl halides is 5. The average Bonchev–Trinajstić information content (AvgIpc) is 2.81. The molecule has 1 aromatic heterocycles. The van der Waals surface area contributed by atoms with Crippen LogP contribution in [-0.2, 0) is 14.4 Å². The van der Waals surface area contributed by atoms with Crippen LogP contribution in [0.1, 0.15) is 5.82 Å². The van der Waals surface area contributed by atoms with Gasteiger partial charge in [-0.25, -0.2) is 4.79 Å². The van der Waals surface area contributed by atoms with E-state index < -0.39 is 36.2 Å². The minimum atomic E-state index is -5.87. The zero-order chi connectivity index (χ0) is 17.0. The summed E-state index contributed by atoms with van der Waals surface area (Å²) in [6.07, 6.45) is -5.66. The molecule has 1 aromatic rings. The monoisotopic (exact) mass is 348 g/mol. The number of carbonyl (C=O) groups is 2. The highest BCUT2D eigenvalue weighted by atomic mass is 32.1. The Labute approximate surface area is 121 Å². The van der Waals surface area contributed by atoms with Crippen molar-refractivity contribution in [3.8, 4) is 0 Å². The van der Waals surface area contributed by atoms with Crippen LogP contribution in [0.2, 0.25) is 0 Å². The van der Waals surface area contributed by atoms with Crippen LogP contribution < -0.4 is 5.32 Å². The third-order valence-electron chi connectivity index (χ3n) is 1.84. The van der Waals surface area contributed by atoms with E-state index in [2.05, 4.69) is 19.4 Å². The highest BCUT2D eigenvalue weighted by molar-refractivity contribution is 7.10. The number of amides is 1. The summed E-state index contributed by atoms with van der Waals surface area (Å²) < 4.78 is 64.1.